The largest absolute Gasteiger partial charge is 0.497 e. The summed E-state index contributed by atoms with van der Waals surface area (Å²) in [4.78, 5) is 12.4. The normalized spacial score (nSPS) is 12.1. The van der Waals surface area contributed by atoms with Gasteiger partial charge in [-0.15, -0.1) is 11.3 Å². The van der Waals surface area contributed by atoms with Crippen LogP contribution in [0.4, 0.5) is 0 Å². The first kappa shape index (κ1) is 15.5. The van der Waals surface area contributed by atoms with Gasteiger partial charge < -0.3 is 15.2 Å². The van der Waals surface area contributed by atoms with Gasteiger partial charge in [-0.1, -0.05) is 12.1 Å². The Morgan fingerprint density at radius 1 is 1.43 bits per heavy atom. The topological polar surface area (TPSA) is 58.6 Å². The highest BCUT2D eigenvalue weighted by Gasteiger charge is 2.12. The van der Waals surface area contributed by atoms with E-state index in [0.29, 0.717) is 11.4 Å². The molecule has 0 amide bonds. The fraction of sp³-hybridized carbons (Fsp3) is 0.312. The van der Waals surface area contributed by atoms with Crippen molar-refractivity contribution in [1.82, 2.24) is 5.32 Å². The number of nitrogens with one attached hydrogen (secondary N) is 1. The van der Waals surface area contributed by atoms with Crippen LogP contribution >= 0.6 is 11.3 Å². The number of rotatable bonds is 6. The first-order valence-electron chi connectivity index (χ1n) is 6.71. The minimum absolute atomic E-state index is 0.160. The molecule has 0 fully saturated rings. The molecule has 0 radical (unpaired) electrons. The quantitative estimate of drug-likeness (QED) is 0.856. The van der Waals surface area contributed by atoms with Gasteiger partial charge in [-0.2, -0.15) is 0 Å². The number of benzene rings is 1. The number of aryl methyl sites for hydroxylation is 1. The van der Waals surface area contributed by atoms with Crippen LogP contribution in [0.3, 0.4) is 0 Å². The summed E-state index contributed by atoms with van der Waals surface area (Å²) in [6.07, 6.45) is 0. The Morgan fingerprint density at radius 3 is 2.81 bits per heavy atom. The minimum atomic E-state index is -0.866. The number of carboxylic acids is 1. The van der Waals surface area contributed by atoms with Crippen molar-refractivity contribution >= 4 is 17.3 Å². The van der Waals surface area contributed by atoms with Crippen LogP contribution in [-0.2, 0) is 6.54 Å². The molecular weight excluding hydrogens is 286 g/mol. The van der Waals surface area contributed by atoms with E-state index in [1.807, 2.05) is 31.2 Å². The number of carboxylic acid groups (broad SMARTS) is 1. The molecule has 5 heteroatoms. The maximum atomic E-state index is 11.0. The van der Waals surface area contributed by atoms with Crippen molar-refractivity contribution < 1.29 is 14.6 Å². The van der Waals surface area contributed by atoms with Gasteiger partial charge in [0.2, 0.25) is 0 Å². The van der Waals surface area contributed by atoms with Crippen LogP contribution < -0.4 is 10.1 Å². The average molecular weight is 305 g/mol. The third kappa shape index (κ3) is 3.83. The van der Waals surface area contributed by atoms with Crippen LogP contribution in [0.2, 0.25) is 0 Å². The molecule has 21 heavy (non-hydrogen) atoms. The third-order valence-electron chi connectivity index (χ3n) is 3.42. The molecule has 0 bridgehead atoms. The molecule has 0 aliphatic rings. The van der Waals surface area contributed by atoms with Crippen molar-refractivity contribution in [3.8, 4) is 5.75 Å². The van der Waals surface area contributed by atoms with Gasteiger partial charge in [0.15, 0.2) is 0 Å². The number of carbonyl (C=O) groups is 1. The van der Waals surface area contributed by atoms with E-state index in [9.17, 15) is 4.79 Å². The maximum Gasteiger partial charge on any atom is 0.345 e. The highest BCUT2D eigenvalue weighted by Crippen LogP contribution is 2.23. The number of methoxy groups -OCH3 is 1. The molecule has 0 unspecified atom stereocenters. The Balaban J connectivity index is 2.03. The highest BCUT2D eigenvalue weighted by atomic mass is 32.1. The van der Waals surface area contributed by atoms with E-state index in [1.165, 1.54) is 11.3 Å². The van der Waals surface area contributed by atoms with Gasteiger partial charge in [0.1, 0.15) is 10.6 Å². The first-order valence-corrected chi connectivity index (χ1v) is 7.53. The summed E-state index contributed by atoms with van der Waals surface area (Å²) in [6.45, 7) is 4.67. The van der Waals surface area contributed by atoms with Gasteiger partial charge in [-0.05, 0) is 43.2 Å². The van der Waals surface area contributed by atoms with Crippen molar-refractivity contribution in [1.29, 1.82) is 0 Å². The molecule has 0 saturated carbocycles. The van der Waals surface area contributed by atoms with Crippen molar-refractivity contribution in [2.24, 2.45) is 0 Å². The molecule has 1 aromatic heterocycles. The summed E-state index contributed by atoms with van der Waals surface area (Å²) in [5, 5.41) is 12.4. The second kappa shape index (κ2) is 6.74. The molecule has 0 saturated heterocycles. The van der Waals surface area contributed by atoms with E-state index in [4.69, 9.17) is 9.84 Å². The molecule has 0 aliphatic heterocycles. The van der Waals surface area contributed by atoms with Crippen LogP contribution in [0.1, 0.15) is 38.6 Å². The number of aromatic carboxylic acids is 1. The van der Waals surface area contributed by atoms with Gasteiger partial charge in [-0.25, -0.2) is 4.79 Å². The highest BCUT2D eigenvalue weighted by molar-refractivity contribution is 7.14. The first-order chi connectivity index (χ1) is 10.0. The number of hydrogen-bond acceptors (Lipinski definition) is 4. The number of thiophene rings is 1. The fourth-order valence-corrected chi connectivity index (χ4v) is 2.97. The lowest BCUT2D eigenvalue weighted by atomic mass is 10.1. The molecule has 1 aromatic carbocycles. The summed E-state index contributed by atoms with van der Waals surface area (Å²) >= 11 is 1.32. The van der Waals surface area contributed by atoms with Crippen LogP contribution in [0.25, 0.3) is 0 Å². The van der Waals surface area contributed by atoms with Gasteiger partial charge in [0, 0.05) is 17.5 Å². The monoisotopic (exact) mass is 305 g/mol. The summed E-state index contributed by atoms with van der Waals surface area (Å²) in [6, 6.07) is 9.83. The Bertz CT molecular complexity index is 636. The van der Waals surface area contributed by atoms with Gasteiger partial charge >= 0.3 is 5.97 Å². The minimum Gasteiger partial charge on any atom is -0.497 e. The van der Waals surface area contributed by atoms with Crippen LogP contribution in [0.15, 0.2) is 30.3 Å². The maximum absolute atomic E-state index is 11.0. The molecule has 112 valence electrons. The van der Waals surface area contributed by atoms with Gasteiger partial charge in [0.25, 0.3) is 0 Å². The van der Waals surface area contributed by atoms with E-state index in [-0.39, 0.29) is 6.04 Å². The Labute approximate surface area is 128 Å². The van der Waals surface area contributed by atoms with Crippen LogP contribution in [0.5, 0.6) is 5.75 Å². The summed E-state index contributed by atoms with van der Waals surface area (Å²) < 4.78 is 5.23. The zero-order chi connectivity index (χ0) is 15.4. The lowest BCUT2D eigenvalue weighted by Gasteiger charge is -2.15. The van der Waals surface area contributed by atoms with Gasteiger partial charge in [0.05, 0.1) is 7.11 Å². The SMILES string of the molecule is COc1cccc([C@H](C)NCc2cc(C(=O)O)sc2C)c1. The average Bonchev–Trinajstić information content (AvgIpc) is 2.86. The summed E-state index contributed by atoms with van der Waals surface area (Å²) in [5.41, 5.74) is 2.17. The molecule has 2 aromatic rings. The zero-order valence-corrected chi connectivity index (χ0v) is 13.2. The van der Waals surface area contributed by atoms with Crippen LogP contribution in [0, 0.1) is 6.92 Å². The van der Waals surface area contributed by atoms with Crippen molar-refractivity contribution in [2.75, 3.05) is 7.11 Å². The van der Waals surface area contributed by atoms with Crippen molar-refractivity contribution in [3.05, 3.63) is 51.2 Å². The van der Waals surface area contributed by atoms with E-state index in [0.717, 1.165) is 21.8 Å². The standard InChI is InChI=1S/C16H19NO3S/c1-10(12-5-4-6-14(7-12)20-3)17-9-13-8-15(16(18)19)21-11(13)2/h4-8,10,17H,9H2,1-3H3,(H,18,19)/t10-/m0/s1. The number of ether oxygens (including phenoxy) is 1. The molecule has 2 rings (SSSR count). The fourth-order valence-electron chi connectivity index (χ4n) is 2.09. The van der Waals surface area contributed by atoms with Crippen LogP contribution in [-0.4, -0.2) is 18.2 Å². The number of hydrogen-bond donors (Lipinski definition) is 2. The summed E-state index contributed by atoms with van der Waals surface area (Å²) in [7, 11) is 1.65. The lowest BCUT2D eigenvalue weighted by Crippen LogP contribution is -2.18. The molecule has 1 heterocycles. The molecular formula is C16H19NO3S. The Morgan fingerprint density at radius 2 is 2.19 bits per heavy atom. The van der Waals surface area contributed by atoms with E-state index >= 15 is 0 Å². The Hall–Kier alpha value is -1.85. The second-order valence-electron chi connectivity index (χ2n) is 4.88. The zero-order valence-electron chi connectivity index (χ0n) is 12.3. The van der Waals surface area contributed by atoms with E-state index in [1.54, 1.807) is 13.2 Å². The van der Waals surface area contributed by atoms with E-state index in [2.05, 4.69) is 12.2 Å². The molecule has 1 atom stereocenters. The van der Waals surface area contributed by atoms with E-state index < -0.39 is 5.97 Å². The molecule has 0 spiro atoms. The third-order valence-corrected chi connectivity index (χ3v) is 4.50. The second-order valence-corrected chi connectivity index (χ2v) is 6.13. The Kier molecular flexibility index (Phi) is 4.98. The van der Waals surface area contributed by atoms with Crippen molar-refractivity contribution in [3.63, 3.8) is 0 Å². The molecule has 0 aliphatic carbocycles. The summed E-state index contributed by atoms with van der Waals surface area (Å²) in [5.74, 6) is -0.0313. The van der Waals surface area contributed by atoms with Crippen molar-refractivity contribution in [2.45, 2.75) is 26.4 Å². The molecule has 2 N–H and O–H groups in total. The predicted octanol–water partition coefficient (Wildman–Crippen LogP) is 3.61. The van der Waals surface area contributed by atoms with Gasteiger partial charge in [-0.3, -0.25) is 0 Å². The lowest BCUT2D eigenvalue weighted by molar-refractivity contribution is 0.0702. The predicted molar refractivity (Wildman–Crippen MR) is 84.3 cm³/mol. The smallest absolute Gasteiger partial charge is 0.345 e. The molecule has 4 nitrogen and oxygen atoms in total.